The minimum absolute atomic E-state index is 0.0480. The van der Waals surface area contributed by atoms with E-state index in [0.717, 1.165) is 47.2 Å². The van der Waals surface area contributed by atoms with Crippen LogP contribution in [0.15, 0.2) is 90.1 Å². The number of rotatable bonds is 4. The first-order valence-corrected chi connectivity index (χ1v) is 14.5. The van der Waals surface area contributed by atoms with Crippen molar-refractivity contribution in [1.82, 2.24) is 4.90 Å². The Morgan fingerprint density at radius 1 is 0.775 bits per heavy atom. The van der Waals surface area contributed by atoms with E-state index < -0.39 is 0 Å². The Balaban J connectivity index is 1.36. The Morgan fingerprint density at radius 3 is 1.75 bits per heavy atom. The summed E-state index contributed by atoms with van der Waals surface area (Å²) in [5.41, 5.74) is 7.57. The van der Waals surface area contributed by atoms with Gasteiger partial charge in [-0.15, -0.1) is 0 Å². The quantitative estimate of drug-likeness (QED) is 0.319. The van der Waals surface area contributed by atoms with Gasteiger partial charge >= 0.3 is 0 Å². The van der Waals surface area contributed by atoms with Crippen molar-refractivity contribution >= 4 is 17.2 Å². The van der Waals surface area contributed by atoms with Crippen molar-refractivity contribution < 1.29 is 9.63 Å². The summed E-state index contributed by atoms with van der Waals surface area (Å²) in [6.45, 7) is 14.6. The van der Waals surface area contributed by atoms with Crippen LogP contribution >= 0.6 is 0 Å². The standard InChI is InChI=1S/C36H42N2O2/c1-34(2,3)29-16-12-26(13-17-29)31(27-14-18-30(19-15-27)35(4,5)6)24-33(39)38-22-20-36(21-23-38)25-32(37-40-36)28-10-8-7-9-11-28/h7-19,24H,20-23,25H2,1-6H3. The van der Waals surface area contributed by atoms with Crippen LogP contribution < -0.4 is 0 Å². The van der Waals surface area contributed by atoms with Gasteiger partial charge < -0.3 is 9.74 Å². The molecule has 1 amide bonds. The van der Waals surface area contributed by atoms with Gasteiger partial charge in [0.2, 0.25) is 5.91 Å². The molecule has 4 nitrogen and oxygen atoms in total. The van der Waals surface area contributed by atoms with Gasteiger partial charge in [0.15, 0.2) is 0 Å². The number of nitrogens with zero attached hydrogens (tertiary/aromatic N) is 2. The first kappa shape index (κ1) is 27.9. The van der Waals surface area contributed by atoms with E-state index in [-0.39, 0.29) is 22.3 Å². The topological polar surface area (TPSA) is 41.9 Å². The smallest absolute Gasteiger partial charge is 0.247 e. The Kier molecular flexibility index (Phi) is 7.48. The van der Waals surface area contributed by atoms with E-state index in [2.05, 4.69) is 107 Å². The number of carbonyl (C=O) groups excluding carboxylic acids is 1. The van der Waals surface area contributed by atoms with Crippen LogP contribution in [-0.4, -0.2) is 35.2 Å². The number of benzene rings is 3. The first-order chi connectivity index (χ1) is 18.9. The Hall–Kier alpha value is -3.66. The van der Waals surface area contributed by atoms with Crippen LogP contribution in [-0.2, 0) is 20.5 Å². The number of likely N-dealkylation sites (tertiary alicyclic amines) is 1. The fraction of sp³-hybridized carbons (Fsp3) is 0.389. The maximum atomic E-state index is 13.7. The molecule has 1 fully saturated rings. The van der Waals surface area contributed by atoms with Crippen LogP contribution in [0.25, 0.3) is 5.57 Å². The molecule has 0 aromatic heterocycles. The second-order valence-electron chi connectivity index (χ2n) is 13.4. The summed E-state index contributed by atoms with van der Waals surface area (Å²) in [5.74, 6) is 0.0480. The van der Waals surface area contributed by atoms with Gasteiger partial charge in [-0.25, -0.2) is 0 Å². The Bertz CT molecular complexity index is 1340. The lowest BCUT2D eigenvalue weighted by Gasteiger charge is -2.37. The van der Waals surface area contributed by atoms with Gasteiger partial charge in [-0.3, -0.25) is 4.79 Å². The lowest BCUT2D eigenvalue weighted by atomic mass is 9.84. The molecule has 1 spiro atoms. The minimum atomic E-state index is -0.305. The molecular weight excluding hydrogens is 492 g/mol. The third-order valence-electron chi connectivity index (χ3n) is 8.32. The van der Waals surface area contributed by atoms with Crippen molar-refractivity contribution in [3.8, 4) is 0 Å². The molecule has 0 aliphatic carbocycles. The zero-order valence-corrected chi connectivity index (χ0v) is 24.8. The van der Waals surface area contributed by atoms with Gasteiger partial charge in [0.25, 0.3) is 0 Å². The normalized spacial score (nSPS) is 16.9. The zero-order chi connectivity index (χ0) is 28.5. The molecule has 0 atom stereocenters. The molecule has 0 radical (unpaired) electrons. The van der Waals surface area contributed by atoms with Crippen molar-refractivity contribution in [2.24, 2.45) is 5.16 Å². The number of amides is 1. The summed E-state index contributed by atoms with van der Waals surface area (Å²) in [4.78, 5) is 21.6. The third kappa shape index (κ3) is 6.06. The molecule has 3 aromatic carbocycles. The second kappa shape index (κ2) is 10.7. The van der Waals surface area contributed by atoms with Gasteiger partial charge in [0.1, 0.15) is 5.60 Å². The molecule has 0 saturated carbocycles. The highest BCUT2D eigenvalue weighted by molar-refractivity contribution is 6.02. The highest BCUT2D eigenvalue weighted by atomic mass is 16.7. The highest BCUT2D eigenvalue weighted by Gasteiger charge is 2.43. The van der Waals surface area contributed by atoms with Crippen molar-refractivity contribution in [1.29, 1.82) is 0 Å². The summed E-state index contributed by atoms with van der Waals surface area (Å²) in [5, 5.41) is 4.43. The number of piperidine rings is 1. The molecule has 0 bridgehead atoms. The molecular formula is C36H42N2O2. The highest BCUT2D eigenvalue weighted by Crippen LogP contribution is 2.37. The van der Waals surface area contributed by atoms with Gasteiger partial charge in [-0.05, 0) is 44.2 Å². The number of hydrogen-bond acceptors (Lipinski definition) is 3. The van der Waals surface area contributed by atoms with Gasteiger partial charge in [0.05, 0.1) is 5.71 Å². The number of carbonyl (C=O) groups is 1. The van der Waals surface area contributed by atoms with E-state index >= 15 is 0 Å². The molecule has 5 rings (SSSR count). The Labute approximate surface area is 239 Å². The second-order valence-corrected chi connectivity index (χ2v) is 13.4. The lowest BCUT2D eigenvalue weighted by Crippen LogP contribution is -2.46. The summed E-state index contributed by atoms with van der Waals surface area (Å²) in [7, 11) is 0. The van der Waals surface area contributed by atoms with Gasteiger partial charge in [-0.2, -0.15) is 0 Å². The average molecular weight is 535 g/mol. The largest absolute Gasteiger partial charge is 0.388 e. The molecule has 4 heteroatoms. The summed E-state index contributed by atoms with van der Waals surface area (Å²) < 4.78 is 0. The molecule has 0 unspecified atom stereocenters. The number of hydrogen-bond donors (Lipinski definition) is 0. The predicted molar refractivity (Wildman–Crippen MR) is 165 cm³/mol. The van der Waals surface area contributed by atoms with Crippen molar-refractivity contribution in [2.45, 2.75) is 77.2 Å². The van der Waals surface area contributed by atoms with Crippen molar-refractivity contribution in [3.05, 3.63) is 113 Å². The van der Waals surface area contributed by atoms with Crippen molar-refractivity contribution in [3.63, 3.8) is 0 Å². The summed E-state index contributed by atoms with van der Waals surface area (Å²) in [6, 6.07) is 27.6. The van der Waals surface area contributed by atoms with Crippen LogP contribution in [0.4, 0.5) is 0 Å². The van der Waals surface area contributed by atoms with Crippen LogP contribution in [0.5, 0.6) is 0 Å². The maximum absolute atomic E-state index is 13.7. The monoisotopic (exact) mass is 534 g/mol. The van der Waals surface area contributed by atoms with Gasteiger partial charge in [-0.1, -0.05) is 126 Å². The molecule has 2 aliphatic rings. The third-order valence-corrected chi connectivity index (χ3v) is 8.32. The van der Waals surface area contributed by atoms with E-state index in [9.17, 15) is 4.79 Å². The molecule has 2 heterocycles. The van der Waals surface area contributed by atoms with Crippen molar-refractivity contribution in [2.75, 3.05) is 13.1 Å². The SMILES string of the molecule is CC(C)(C)c1ccc(C(=CC(=O)N2CCC3(CC2)CC(c2ccccc2)=NO3)c2ccc(C(C)(C)C)cc2)cc1. The maximum Gasteiger partial charge on any atom is 0.247 e. The molecule has 3 aromatic rings. The van der Waals surface area contributed by atoms with E-state index in [1.54, 1.807) is 0 Å². The zero-order valence-electron chi connectivity index (χ0n) is 24.8. The fourth-order valence-corrected chi connectivity index (χ4v) is 5.56. The molecule has 40 heavy (non-hydrogen) atoms. The van der Waals surface area contributed by atoms with E-state index in [1.807, 2.05) is 29.2 Å². The first-order valence-electron chi connectivity index (χ1n) is 14.5. The molecule has 0 N–H and O–H groups in total. The van der Waals surface area contributed by atoms with E-state index in [4.69, 9.17) is 4.84 Å². The lowest BCUT2D eigenvalue weighted by molar-refractivity contribution is -0.131. The van der Waals surface area contributed by atoms with Crippen LogP contribution in [0.3, 0.4) is 0 Å². The van der Waals surface area contributed by atoms with E-state index in [0.29, 0.717) is 13.1 Å². The Morgan fingerprint density at radius 2 is 1.27 bits per heavy atom. The minimum Gasteiger partial charge on any atom is -0.388 e. The fourth-order valence-electron chi connectivity index (χ4n) is 5.56. The molecule has 2 aliphatic heterocycles. The van der Waals surface area contributed by atoms with E-state index in [1.165, 1.54) is 11.1 Å². The summed E-state index contributed by atoms with van der Waals surface area (Å²) >= 11 is 0. The van der Waals surface area contributed by atoms with Crippen LogP contribution in [0, 0.1) is 0 Å². The molecule has 208 valence electrons. The predicted octanol–water partition coefficient (Wildman–Crippen LogP) is 7.90. The summed E-state index contributed by atoms with van der Waals surface area (Å²) in [6.07, 6.45) is 4.18. The van der Waals surface area contributed by atoms with Crippen LogP contribution in [0.1, 0.15) is 88.6 Å². The van der Waals surface area contributed by atoms with Gasteiger partial charge in [0, 0.05) is 38.4 Å². The number of oxime groups is 1. The average Bonchev–Trinajstić information content (AvgIpc) is 3.35. The molecule has 1 saturated heterocycles. The van der Waals surface area contributed by atoms with Crippen LogP contribution in [0.2, 0.25) is 0 Å².